The Hall–Kier alpha value is -1.99. The van der Waals surface area contributed by atoms with E-state index in [4.69, 9.17) is 4.74 Å². The second-order valence-electron chi connectivity index (χ2n) is 4.63. The number of rotatable bonds is 4. The van der Waals surface area contributed by atoms with E-state index in [1.54, 1.807) is 0 Å². The Morgan fingerprint density at radius 1 is 1.52 bits per heavy atom. The van der Waals surface area contributed by atoms with Crippen molar-refractivity contribution in [3.63, 3.8) is 0 Å². The summed E-state index contributed by atoms with van der Waals surface area (Å²) >= 11 is 0. The molecule has 6 nitrogen and oxygen atoms in total. The van der Waals surface area contributed by atoms with E-state index in [-0.39, 0.29) is 29.7 Å². The first-order chi connectivity index (χ1) is 10.1. The van der Waals surface area contributed by atoms with Crippen LogP contribution in [0.2, 0.25) is 0 Å². The normalized spacial score (nSPS) is 18.1. The maximum absolute atomic E-state index is 13.2. The second kappa shape index (κ2) is 7.14. The number of hydrogen-bond donors (Lipinski definition) is 2. The van der Waals surface area contributed by atoms with Gasteiger partial charge >= 0.3 is 5.97 Å². The van der Waals surface area contributed by atoms with E-state index in [1.165, 1.54) is 19.2 Å². The van der Waals surface area contributed by atoms with Crippen LogP contribution in [-0.4, -0.2) is 44.8 Å². The van der Waals surface area contributed by atoms with Gasteiger partial charge in [0.05, 0.1) is 37.5 Å². The first-order valence-electron chi connectivity index (χ1n) is 6.60. The van der Waals surface area contributed by atoms with E-state index in [9.17, 15) is 14.0 Å². The molecule has 0 aliphatic carbocycles. The summed E-state index contributed by atoms with van der Waals surface area (Å²) in [5.74, 6) is -1.59. The van der Waals surface area contributed by atoms with Gasteiger partial charge in [0.25, 0.3) is 0 Å². The number of morpholine rings is 1. The lowest BCUT2D eigenvalue weighted by Gasteiger charge is -2.23. The minimum Gasteiger partial charge on any atom is -0.465 e. The van der Waals surface area contributed by atoms with Crippen LogP contribution < -0.4 is 10.6 Å². The molecule has 1 aromatic carbocycles. The van der Waals surface area contributed by atoms with Crippen molar-refractivity contribution >= 4 is 17.6 Å². The van der Waals surface area contributed by atoms with Gasteiger partial charge in [0.1, 0.15) is 5.82 Å². The summed E-state index contributed by atoms with van der Waals surface area (Å²) in [6, 6.07) is 3.53. The van der Waals surface area contributed by atoms with Gasteiger partial charge < -0.3 is 20.1 Å². The predicted octanol–water partition coefficient (Wildman–Crippen LogP) is 0.929. The van der Waals surface area contributed by atoms with Crippen LogP contribution in [0.25, 0.3) is 0 Å². The quantitative estimate of drug-likeness (QED) is 0.808. The van der Waals surface area contributed by atoms with Crippen LogP contribution in [0.3, 0.4) is 0 Å². The maximum atomic E-state index is 13.2. The third-order valence-corrected chi connectivity index (χ3v) is 3.08. The SMILES string of the molecule is COC(=O)c1cc(F)ccc1NC(=O)CC1CNCCO1. The van der Waals surface area contributed by atoms with Crippen molar-refractivity contribution in [2.75, 3.05) is 32.1 Å². The molecule has 0 saturated carbocycles. The first-order valence-corrected chi connectivity index (χ1v) is 6.60. The van der Waals surface area contributed by atoms with Gasteiger partial charge in [-0.25, -0.2) is 9.18 Å². The molecule has 1 heterocycles. The zero-order chi connectivity index (χ0) is 15.2. The maximum Gasteiger partial charge on any atom is 0.340 e. The van der Waals surface area contributed by atoms with E-state index in [0.717, 1.165) is 12.6 Å². The summed E-state index contributed by atoms with van der Waals surface area (Å²) in [5, 5.41) is 5.71. The number of esters is 1. The summed E-state index contributed by atoms with van der Waals surface area (Å²) in [6.45, 7) is 1.92. The molecular formula is C14H17FN2O4. The summed E-state index contributed by atoms with van der Waals surface area (Å²) in [7, 11) is 1.19. The van der Waals surface area contributed by atoms with E-state index >= 15 is 0 Å². The average Bonchev–Trinajstić information content (AvgIpc) is 2.49. The van der Waals surface area contributed by atoms with Gasteiger partial charge in [-0.2, -0.15) is 0 Å². The minimum atomic E-state index is -0.708. The fraction of sp³-hybridized carbons (Fsp3) is 0.429. The molecule has 2 N–H and O–H groups in total. The van der Waals surface area contributed by atoms with Crippen molar-refractivity contribution in [2.24, 2.45) is 0 Å². The van der Waals surface area contributed by atoms with Gasteiger partial charge in [0.2, 0.25) is 5.91 Å². The molecule has 0 bridgehead atoms. The number of benzene rings is 1. The van der Waals surface area contributed by atoms with Gasteiger partial charge in [0.15, 0.2) is 0 Å². The van der Waals surface area contributed by atoms with Crippen molar-refractivity contribution in [3.05, 3.63) is 29.6 Å². The average molecular weight is 296 g/mol. The molecule has 1 fully saturated rings. The summed E-state index contributed by atoms with van der Waals surface area (Å²) < 4.78 is 23.2. The fourth-order valence-electron chi connectivity index (χ4n) is 2.06. The third kappa shape index (κ3) is 4.24. The molecule has 21 heavy (non-hydrogen) atoms. The number of amides is 1. The zero-order valence-corrected chi connectivity index (χ0v) is 11.6. The molecule has 1 aromatic rings. The molecule has 1 unspecified atom stereocenters. The minimum absolute atomic E-state index is 0.0199. The van der Waals surface area contributed by atoms with Crippen LogP contribution >= 0.6 is 0 Å². The number of carbonyl (C=O) groups is 2. The summed E-state index contributed by atoms with van der Waals surface area (Å²) in [5.41, 5.74) is 0.200. The largest absolute Gasteiger partial charge is 0.465 e. The molecule has 0 spiro atoms. The molecule has 1 saturated heterocycles. The lowest BCUT2D eigenvalue weighted by Crippen LogP contribution is -2.40. The van der Waals surface area contributed by atoms with Crippen LogP contribution in [0.5, 0.6) is 0 Å². The van der Waals surface area contributed by atoms with Crippen LogP contribution in [0.1, 0.15) is 16.8 Å². The molecule has 0 aromatic heterocycles. The highest BCUT2D eigenvalue weighted by molar-refractivity contribution is 6.01. The molecule has 7 heteroatoms. The van der Waals surface area contributed by atoms with Crippen LogP contribution in [0.15, 0.2) is 18.2 Å². The number of methoxy groups -OCH3 is 1. The molecule has 0 radical (unpaired) electrons. The van der Waals surface area contributed by atoms with Gasteiger partial charge in [-0.1, -0.05) is 0 Å². The lowest BCUT2D eigenvalue weighted by atomic mass is 10.1. The highest BCUT2D eigenvalue weighted by Crippen LogP contribution is 2.18. The molecule has 1 amide bonds. The van der Waals surface area contributed by atoms with Crippen molar-refractivity contribution in [2.45, 2.75) is 12.5 Å². The fourth-order valence-corrected chi connectivity index (χ4v) is 2.06. The van der Waals surface area contributed by atoms with E-state index in [2.05, 4.69) is 15.4 Å². The van der Waals surface area contributed by atoms with Gasteiger partial charge in [-0.05, 0) is 18.2 Å². The Balaban J connectivity index is 2.04. The topological polar surface area (TPSA) is 76.7 Å². The van der Waals surface area contributed by atoms with Crippen molar-refractivity contribution < 1.29 is 23.5 Å². The second-order valence-corrected chi connectivity index (χ2v) is 4.63. The Bertz CT molecular complexity index is 530. The van der Waals surface area contributed by atoms with Gasteiger partial charge in [-0.3, -0.25) is 4.79 Å². The number of halogens is 1. The van der Waals surface area contributed by atoms with Gasteiger partial charge in [0, 0.05) is 13.1 Å². The molecule has 114 valence electrons. The smallest absolute Gasteiger partial charge is 0.340 e. The molecule has 1 atom stereocenters. The lowest BCUT2D eigenvalue weighted by molar-refractivity contribution is -0.119. The molecular weight excluding hydrogens is 279 g/mol. The Kier molecular flexibility index (Phi) is 5.24. The number of carbonyl (C=O) groups excluding carboxylic acids is 2. The Labute approximate surface area is 121 Å². The Morgan fingerprint density at radius 2 is 2.33 bits per heavy atom. The van der Waals surface area contributed by atoms with E-state index < -0.39 is 11.8 Å². The number of nitrogens with one attached hydrogen (secondary N) is 2. The number of hydrogen-bond acceptors (Lipinski definition) is 5. The Morgan fingerprint density at radius 3 is 3.00 bits per heavy atom. The molecule has 1 aliphatic rings. The summed E-state index contributed by atoms with van der Waals surface area (Å²) in [6.07, 6.45) is -0.0499. The van der Waals surface area contributed by atoms with Crippen molar-refractivity contribution in [3.8, 4) is 0 Å². The van der Waals surface area contributed by atoms with Crippen LogP contribution in [0, 0.1) is 5.82 Å². The van der Waals surface area contributed by atoms with Crippen molar-refractivity contribution in [1.82, 2.24) is 5.32 Å². The van der Waals surface area contributed by atoms with Gasteiger partial charge in [-0.15, -0.1) is 0 Å². The standard InChI is InChI=1S/C14H17FN2O4/c1-20-14(19)11-6-9(15)2-3-12(11)17-13(18)7-10-8-16-4-5-21-10/h2-3,6,10,16H,4-5,7-8H2,1H3,(H,17,18). The third-order valence-electron chi connectivity index (χ3n) is 3.08. The predicted molar refractivity (Wildman–Crippen MR) is 73.6 cm³/mol. The van der Waals surface area contributed by atoms with Crippen LogP contribution in [0.4, 0.5) is 10.1 Å². The summed E-state index contributed by atoms with van der Waals surface area (Å²) in [4.78, 5) is 23.5. The van der Waals surface area contributed by atoms with E-state index in [1.807, 2.05) is 0 Å². The highest BCUT2D eigenvalue weighted by atomic mass is 19.1. The highest BCUT2D eigenvalue weighted by Gasteiger charge is 2.19. The first kappa shape index (κ1) is 15.4. The van der Waals surface area contributed by atoms with E-state index in [0.29, 0.717) is 13.2 Å². The van der Waals surface area contributed by atoms with Crippen molar-refractivity contribution in [1.29, 1.82) is 0 Å². The number of ether oxygens (including phenoxy) is 2. The number of anilines is 1. The zero-order valence-electron chi connectivity index (χ0n) is 11.6. The molecule has 2 rings (SSSR count). The van der Waals surface area contributed by atoms with Crippen LogP contribution in [-0.2, 0) is 14.3 Å². The molecule has 1 aliphatic heterocycles. The monoisotopic (exact) mass is 296 g/mol.